The smallest absolute Gasteiger partial charge is 0.155 e. The highest BCUT2D eigenvalue weighted by Crippen LogP contribution is 2.03. The molecule has 1 atom stereocenters. The number of allylic oxidation sites excluding steroid dienone is 1. The Kier molecular flexibility index (Phi) is 2.59. The van der Waals surface area contributed by atoms with Gasteiger partial charge in [-0.05, 0) is 26.8 Å². The molecule has 9 heavy (non-hydrogen) atoms. The second kappa shape index (κ2) is 2.78. The van der Waals surface area contributed by atoms with Crippen LogP contribution in [-0.4, -0.2) is 17.0 Å². The van der Waals surface area contributed by atoms with Crippen LogP contribution in [0.5, 0.6) is 0 Å². The fraction of sp³-hybridized carbons (Fsp3) is 0.571. The summed E-state index contributed by atoms with van der Waals surface area (Å²) in [5, 5.41) is 9.05. The van der Waals surface area contributed by atoms with Gasteiger partial charge in [0.25, 0.3) is 0 Å². The fourth-order valence-electron chi connectivity index (χ4n) is 0.618. The van der Waals surface area contributed by atoms with E-state index in [1.165, 1.54) is 13.0 Å². The summed E-state index contributed by atoms with van der Waals surface area (Å²) < 4.78 is 0. The Morgan fingerprint density at radius 1 is 1.56 bits per heavy atom. The second-order valence-corrected chi connectivity index (χ2v) is 2.57. The summed E-state index contributed by atoms with van der Waals surface area (Å²) in [6.07, 6.45) is 2.03. The van der Waals surface area contributed by atoms with Crippen LogP contribution in [0.4, 0.5) is 0 Å². The van der Waals surface area contributed by atoms with Crippen molar-refractivity contribution in [2.24, 2.45) is 0 Å². The molecule has 0 heterocycles. The molecule has 0 bridgehead atoms. The third-order valence-electron chi connectivity index (χ3n) is 0.819. The number of carbonyl (C=O) groups is 1. The number of hydrogen-bond donors (Lipinski definition) is 1. The van der Waals surface area contributed by atoms with Crippen LogP contribution in [0.2, 0.25) is 0 Å². The van der Waals surface area contributed by atoms with E-state index in [0.29, 0.717) is 6.29 Å². The first-order valence-corrected chi connectivity index (χ1v) is 2.83. The molecule has 0 radical (unpaired) electrons. The Morgan fingerprint density at radius 2 is 2.00 bits per heavy atom. The number of rotatable bonds is 2. The van der Waals surface area contributed by atoms with Crippen molar-refractivity contribution >= 4 is 6.29 Å². The number of hydrogen-bond acceptors (Lipinski definition) is 2. The molecule has 0 rings (SSSR count). The fourth-order valence-corrected chi connectivity index (χ4v) is 0.618. The maximum atomic E-state index is 10.1. The lowest BCUT2D eigenvalue weighted by Gasteiger charge is -2.09. The van der Waals surface area contributed by atoms with E-state index in [-0.39, 0.29) is 0 Å². The van der Waals surface area contributed by atoms with Crippen molar-refractivity contribution in [2.75, 3.05) is 0 Å². The monoisotopic (exact) mass is 128 g/mol. The van der Waals surface area contributed by atoms with Crippen LogP contribution in [0, 0.1) is 0 Å². The molecule has 0 aromatic heterocycles. The van der Waals surface area contributed by atoms with Gasteiger partial charge in [-0.3, -0.25) is 4.79 Å². The molecule has 2 heteroatoms. The van der Waals surface area contributed by atoms with E-state index >= 15 is 0 Å². The number of carbonyl (C=O) groups excluding carboxylic acids is 1. The van der Waals surface area contributed by atoms with Crippen LogP contribution >= 0.6 is 0 Å². The Hall–Kier alpha value is -0.630. The van der Waals surface area contributed by atoms with E-state index in [1.807, 2.05) is 13.8 Å². The van der Waals surface area contributed by atoms with Gasteiger partial charge in [0.05, 0.1) is 0 Å². The lowest BCUT2D eigenvalue weighted by molar-refractivity contribution is -0.118. The third-order valence-corrected chi connectivity index (χ3v) is 0.819. The molecule has 0 aliphatic carbocycles. The van der Waals surface area contributed by atoms with Crippen LogP contribution in [-0.2, 0) is 4.79 Å². The van der Waals surface area contributed by atoms with E-state index in [2.05, 4.69) is 0 Å². The van der Waals surface area contributed by atoms with E-state index in [0.717, 1.165) is 5.57 Å². The van der Waals surface area contributed by atoms with Gasteiger partial charge in [-0.1, -0.05) is 5.57 Å². The van der Waals surface area contributed by atoms with Crippen LogP contribution in [0.15, 0.2) is 11.6 Å². The Bertz CT molecular complexity index is 130. The van der Waals surface area contributed by atoms with Gasteiger partial charge in [-0.2, -0.15) is 0 Å². The molecule has 0 aromatic carbocycles. The molecule has 0 aromatic rings. The minimum atomic E-state index is -1.28. The molecule has 0 saturated carbocycles. The van der Waals surface area contributed by atoms with Crippen LogP contribution in [0.3, 0.4) is 0 Å². The van der Waals surface area contributed by atoms with Crippen molar-refractivity contribution in [1.82, 2.24) is 0 Å². The second-order valence-electron chi connectivity index (χ2n) is 2.57. The Labute approximate surface area is 55.2 Å². The molecule has 52 valence electrons. The molecule has 0 spiro atoms. The van der Waals surface area contributed by atoms with Gasteiger partial charge in [0, 0.05) is 0 Å². The first-order chi connectivity index (χ1) is 3.98. The van der Waals surface area contributed by atoms with E-state index < -0.39 is 5.60 Å². The summed E-state index contributed by atoms with van der Waals surface area (Å²) in [4.78, 5) is 10.1. The van der Waals surface area contributed by atoms with Gasteiger partial charge in [-0.15, -0.1) is 0 Å². The maximum Gasteiger partial charge on any atom is 0.155 e. The highest BCUT2D eigenvalue weighted by atomic mass is 16.3. The molecule has 0 aliphatic rings. The largest absolute Gasteiger partial charge is 0.379 e. The minimum Gasteiger partial charge on any atom is -0.379 e. The summed E-state index contributed by atoms with van der Waals surface area (Å²) in [6.45, 7) is 5.11. The van der Waals surface area contributed by atoms with E-state index in [1.54, 1.807) is 0 Å². The van der Waals surface area contributed by atoms with Crippen molar-refractivity contribution in [1.29, 1.82) is 0 Å². The third kappa shape index (κ3) is 3.91. The quantitative estimate of drug-likeness (QED) is 0.443. The van der Waals surface area contributed by atoms with Crippen LogP contribution < -0.4 is 0 Å². The average molecular weight is 128 g/mol. The Balaban J connectivity index is 4.18. The molecular formula is C7H12O2. The molecule has 0 amide bonds. The van der Waals surface area contributed by atoms with Gasteiger partial charge in [0.2, 0.25) is 0 Å². The van der Waals surface area contributed by atoms with Gasteiger partial charge in [0.15, 0.2) is 6.29 Å². The van der Waals surface area contributed by atoms with Gasteiger partial charge in [-0.25, -0.2) is 0 Å². The molecule has 1 unspecified atom stereocenters. The van der Waals surface area contributed by atoms with Crippen molar-refractivity contribution in [2.45, 2.75) is 26.4 Å². The normalized spacial score (nSPS) is 16.0. The SMILES string of the molecule is CC(C)=CC(C)(O)C=O. The van der Waals surface area contributed by atoms with Crippen LogP contribution in [0.25, 0.3) is 0 Å². The standard InChI is InChI=1S/C7H12O2/c1-6(2)4-7(3,9)5-8/h4-5,9H,1-3H3. The number of aliphatic hydroxyl groups is 1. The summed E-state index contributed by atoms with van der Waals surface area (Å²) in [5.41, 5.74) is -0.342. The van der Waals surface area contributed by atoms with Crippen LogP contribution in [0.1, 0.15) is 20.8 Å². The maximum absolute atomic E-state index is 10.1. The summed E-state index contributed by atoms with van der Waals surface area (Å²) in [6, 6.07) is 0. The van der Waals surface area contributed by atoms with E-state index in [9.17, 15) is 4.79 Å². The molecule has 0 aliphatic heterocycles. The van der Waals surface area contributed by atoms with Gasteiger partial charge >= 0.3 is 0 Å². The topological polar surface area (TPSA) is 37.3 Å². The summed E-state index contributed by atoms with van der Waals surface area (Å²) in [7, 11) is 0. The van der Waals surface area contributed by atoms with Crippen molar-refractivity contribution in [3.63, 3.8) is 0 Å². The van der Waals surface area contributed by atoms with Crippen molar-refractivity contribution in [3.05, 3.63) is 11.6 Å². The predicted molar refractivity (Wildman–Crippen MR) is 36.1 cm³/mol. The Morgan fingerprint density at radius 3 is 2.11 bits per heavy atom. The van der Waals surface area contributed by atoms with Crippen molar-refractivity contribution < 1.29 is 9.90 Å². The molecule has 2 nitrogen and oxygen atoms in total. The molecule has 0 fully saturated rings. The zero-order chi connectivity index (χ0) is 7.49. The summed E-state index contributed by atoms with van der Waals surface area (Å²) in [5.74, 6) is 0. The molecule has 1 N–H and O–H groups in total. The summed E-state index contributed by atoms with van der Waals surface area (Å²) >= 11 is 0. The minimum absolute atomic E-state index is 0.514. The highest BCUT2D eigenvalue weighted by Gasteiger charge is 2.13. The van der Waals surface area contributed by atoms with E-state index in [4.69, 9.17) is 5.11 Å². The molecular weight excluding hydrogens is 116 g/mol. The van der Waals surface area contributed by atoms with Gasteiger partial charge in [0.1, 0.15) is 5.60 Å². The lowest BCUT2D eigenvalue weighted by Crippen LogP contribution is -2.22. The first kappa shape index (κ1) is 8.37. The van der Waals surface area contributed by atoms with Crippen molar-refractivity contribution in [3.8, 4) is 0 Å². The zero-order valence-electron chi connectivity index (χ0n) is 6.01. The zero-order valence-corrected chi connectivity index (χ0v) is 6.01. The molecule has 0 saturated heterocycles. The number of aldehydes is 1. The lowest BCUT2D eigenvalue weighted by atomic mass is 10.1. The van der Waals surface area contributed by atoms with Gasteiger partial charge < -0.3 is 5.11 Å². The predicted octanol–water partition coefficient (Wildman–Crippen LogP) is 0.903. The average Bonchev–Trinajstić information content (AvgIpc) is 1.63. The highest BCUT2D eigenvalue weighted by molar-refractivity contribution is 5.64. The first-order valence-electron chi connectivity index (χ1n) is 2.83.